The first-order chi connectivity index (χ1) is 7.69. The number of unbranched alkanes of at least 4 members (excludes halogenated alkanes) is 2. The molecule has 0 saturated heterocycles. The van der Waals surface area contributed by atoms with Gasteiger partial charge in [0.25, 0.3) is 0 Å². The Balaban J connectivity index is 2.74. The van der Waals surface area contributed by atoms with Crippen LogP contribution < -0.4 is 4.87 Å². The van der Waals surface area contributed by atoms with Crippen molar-refractivity contribution in [3.63, 3.8) is 0 Å². The normalized spacial score (nSPS) is 10.4. The van der Waals surface area contributed by atoms with E-state index < -0.39 is 5.97 Å². The van der Waals surface area contributed by atoms with Crippen molar-refractivity contribution in [2.24, 2.45) is 0 Å². The molecular weight excluding hydrogens is 226 g/mol. The Kier molecular flexibility index (Phi) is 5.25. The number of aromatic nitrogens is 1. The molecule has 1 heterocycles. The molecule has 0 bridgehead atoms. The first-order valence-electron chi connectivity index (χ1n) is 5.58. The van der Waals surface area contributed by atoms with E-state index in [4.69, 9.17) is 4.74 Å². The van der Waals surface area contributed by atoms with E-state index in [-0.39, 0.29) is 4.87 Å². The van der Waals surface area contributed by atoms with Gasteiger partial charge < -0.3 is 9.72 Å². The summed E-state index contributed by atoms with van der Waals surface area (Å²) in [5.74, 6) is -0.391. The smallest absolute Gasteiger partial charge is 0.350 e. The lowest BCUT2D eigenvalue weighted by atomic mass is 10.1. The van der Waals surface area contributed by atoms with Gasteiger partial charge in [-0.2, -0.15) is 0 Å². The van der Waals surface area contributed by atoms with Gasteiger partial charge in [0.1, 0.15) is 4.88 Å². The Morgan fingerprint density at radius 2 is 2.12 bits per heavy atom. The third kappa shape index (κ3) is 3.48. The SMILES string of the molecule is CCCCCc1[nH]c(=O)sc1C(=O)OCC. The number of aryl methyl sites for hydroxylation is 1. The average Bonchev–Trinajstić information content (AvgIpc) is 2.61. The van der Waals surface area contributed by atoms with Crippen LogP contribution in [-0.2, 0) is 11.2 Å². The average molecular weight is 243 g/mol. The van der Waals surface area contributed by atoms with E-state index >= 15 is 0 Å². The highest BCUT2D eigenvalue weighted by atomic mass is 32.1. The number of carbonyl (C=O) groups is 1. The zero-order valence-electron chi connectivity index (χ0n) is 9.67. The molecule has 0 aromatic carbocycles. The van der Waals surface area contributed by atoms with Crippen LogP contribution in [0.4, 0.5) is 0 Å². The Bertz CT molecular complexity index is 394. The highest BCUT2D eigenvalue weighted by molar-refractivity contribution is 7.11. The molecule has 0 radical (unpaired) electrons. The molecule has 0 aliphatic rings. The summed E-state index contributed by atoms with van der Waals surface area (Å²) in [5.41, 5.74) is 0.724. The quantitative estimate of drug-likeness (QED) is 0.616. The predicted molar refractivity (Wildman–Crippen MR) is 64.1 cm³/mol. The summed E-state index contributed by atoms with van der Waals surface area (Å²) in [6.07, 6.45) is 3.93. The largest absolute Gasteiger partial charge is 0.462 e. The molecule has 0 aliphatic heterocycles. The van der Waals surface area contributed by atoms with Crippen LogP contribution in [0.1, 0.15) is 48.5 Å². The number of H-pyrrole nitrogens is 1. The van der Waals surface area contributed by atoms with Crippen LogP contribution in [0.25, 0.3) is 0 Å². The van der Waals surface area contributed by atoms with Crippen molar-refractivity contribution in [2.45, 2.75) is 39.5 Å². The van der Waals surface area contributed by atoms with Crippen LogP contribution in [0.15, 0.2) is 4.79 Å². The molecule has 0 saturated carbocycles. The van der Waals surface area contributed by atoms with E-state index in [1.807, 2.05) is 0 Å². The third-order valence-corrected chi connectivity index (χ3v) is 3.12. The Hall–Kier alpha value is -1.10. The van der Waals surface area contributed by atoms with Gasteiger partial charge in [-0.15, -0.1) is 0 Å². The number of carbonyl (C=O) groups excluding carboxylic acids is 1. The standard InChI is InChI=1S/C11H17NO3S/c1-3-5-6-7-8-9(10(13)15-4-2)16-11(14)12-8/h3-7H2,1-2H3,(H,12,14). The van der Waals surface area contributed by atoms with Gasteiger partial charge in [0.05, 0.1) is 6.61 Å². The summed E-state index contributed by atoms with van der Waals surface area (Å²) in [4.78, 5) is 25.7. The molecule has 1 aromatic rings. The molecule has 5 heteroatoms. The first-order valence-corrected chi connectivity index (χ1v) is 6.39. The fraction of sp³-hybridized carbons (Fsp3) is 0.636. The van der Waals surface area contributed by atoms with E-state index in [1.165, 1.54) is 0 Å². The van der Waals surface area contributed by atoms with Gasteiger partial charge in [-0.1, -0.05) is 31.1 Å². The van der Waals surface area contributed by atoms with Crippen molar-refractivity contribution in [1.29, 1.82) is 0 Å². The number of hydrogen-bond donors (Lipinski definition) is 1. The van der Waals surface area contributed by atoms with Gasteiger partial charge in [-0.3, -0.25) is 4.79 Å². The third-order valence-electron chi connectivity index (χ3n) is 2.21. The fourth-order valence-electron chi connectivity index (χ4n) is 1.45. The van der Waals surface area contributed by atoms with E-state index in [1.54, 1.807) is 6.92 Å². The van der Waals surface area contributed by atoms with Crippen molar-refractivity contribution < 1.29 is 9.53 Å². The molecule has 4 nitrogen and oxygen atoms in total. The van der Waals surface area contributed by atoms with Gasteiger partial charge in [-0.25, -0.2) is 4.79 Å². The van der Waals surface area contributed by atoms with Crippen molar-refractivity contribution >= 4 is 17.3 Å². The molecule has 0 atom stereocenters. The second-order valence-electron chi connectivity index (χ2n) is 3.50. The Morgan fingerprint density at radius 1 is 1.38 bits per heavy atom. The van der Waals surface area contributed by atoms with Crippen LogP contribution in [0.3, 0.4) is 0 Å². The molecule has 16 heavy (non-hydrogen) atoms. The summed E-state index contributed by atoms with van der Waals surface area (Å²) in [6, 6.07) is 0. The second-order valence-corrected chi connectivity index (χ2v) is 4.48. The summed E-state index contributed by atoms with van der Waals surface area (Å²) in [7, 11) is 0. The van der Waals surface area contributed by atoms with Gasteiger partial charge >= 0.3 is 10.8 Å². The number of rotatable bonds is 6. The Labute approximate surface area is 98.6 Å². The van der Waals surface area contributed by atoms with E-state index in [2.05, 4.69) is 11.9 Å². The van der Waals surface area contributed by atoms with Crippen LogP contribution >= 0.6 is 11.3 Å². The fourth-order valence-corrected chi connectivity index (χ4v) is 2.23. The van der Waals surface area contributed by atoms with Crippen LogP contribution in [0.5, 0.6) is 0 Å². The lowest BCUT2D eigenvalue weighted by molar-refractivity contribution is 0.0530. The number of hydrogen-bond acceptors (Lipinski definition) is 4. The maximum Gasteiger partial charge on any atom is 0.350 e. The molecule has 1 N–H and O–H groups in total. The van der Waals surface area contributed by atoms with Gasteiger partial charge in [0.2, 0.25) is 0 Å². The second kappa shape index (κ2) is 6.48. The zero-order valence-corrected chi connectivity index (χ0v) is 10.5. The van der Waals surface area contributed by atoms with Crippen LogP contribution in [0.2, 0.25) is 0 Å². The number of nitrogens with one attached hydrogen (secondary N) is 1. The molecule has 90 valence electrons. The highest BCUT2D eigenvalue weighted by Gasteiger charge is 2.16. The number of esters is 1. The molecule has 0 fully saturated rings. The maximum atomic E-state index is 11.5. The summed E-state index contributed by atoms with van der Waals surface area (Å²) < 4.78 is 4.90. The zero-order chi connectivity index (χ0) is 12.0. The molecule has 0 aliphatic carbocycles. The topological polar surface area (TPSA) is 59.2 Å². The van der Waals surface area contributed by atoms with E-state index in [0.717, 1.165) is 42.7 Å². The minimum atomic E-state index is -0.391. The summed E-state index contributed by atoms with van der Waals surface area (Å²) in [5, 5.41) is 0. The van der Waals surface area contributed by atoms with Crippen LogP contribution in [-0.4, -0.2) is 17.6 Å². The van der Waals surface area contributed by atoms with Crippen molar-refractivity contribution in [2.75, 3.05) is 6.61 Å². The first kappa shape index (κ1) is 13.0. The minimum absolute atomic E-state index is 0.186. The number of aromatic amines is 1. The minimum Gasteiger partial charge on any atom is -0.462 e. The van der Waals surface area contributed by atoms with E-state index in [9.17, 15) is 9.59 Å². The molecule has 1 rings (SSSR count). The van der Waals surface area contributed by atoms with Gasteiger partial charge in [0, 0.05) is 5.69 Å². The van der Waals surface area contributed by atoms with Crippen LogP contribution in [0, 0.1) is 0 Å². The number of ether oxygens (including phenoxy) is 1. The maximum absolute atomic E-state index is 11.5. The van der Waals surface area contributed by atoms with Gasteiger partial charge in [-0.05, 0) is 19.8 Å². The van der Waals surface area contributed by atoms with Crippen molar-refractivity contribution in [1.82, 2.24) is 4.98 Å². The van der Waals surface area contributed by atoms with Crippen molar-refractivity contribution in [3.05, 3.63) is 20.2 Å². The highest BCUT2D eigenvalue weighted by Crippen LogP contribution is 2.14. The molecule has 1 aromatic heterocycles. The summed E-state index contributed by atoms with van der Waals surface area (Å²) >= 11 is 0.935. The van der Waals surface area contributed by atoms with Gasteiger partial charge in [0.15, 0.2) is 0 Å². The van der Waals surface area contributed by atoms with Crippen molar-refractivity contribution in [3.8, 4) is 0 Å². The monoisotopic (exact) mass is 243 g/mol. The molecule has 0 unspecified atom stereocenters. The lowest BCUT2D eigenvalue weighted by Crippen LogP contribution is -2.05. The Morgan fingerprint density at radius 3 is 2.75 bits per heavy atom. The molecular formula is C11H17NO3S. The predicted octanol–water partition coefficient (Wildman–Crippen LogP) is 2.35. The summed E-state index contributed by atoms with van der Waals surface area (Å²) in [6.45, 7) is 4.20. The lowest BCUT2D eigenvalue weighted by Gasteiger charge is -2.02. The molecule has 0 spiro atoms. The van der Waals surface area contributed by atoms with E-state index in [0.29, 0.717) is 11.5 Å². The molecule has 0 amide bonds. The number of thiazole rings is 1.